The Bertz CT molecular complexity index is 847. The van der Waals surface area contributed by atoms with Gasteiger partial charge in [0, 0.05) is 19.5 Å². The van der Waals surface area contributed by atoms with Crippen LogP contribution in [0.5, 0.6) is 0 Å². The molecule has 1 aliphatic heterocycles. The van der Waals surface area contributed by atoms with E-state index in [9.17, 15) is 18.0 Å². The molecule has 11 nitrogen and oxygen atoms in total. The van der Waals surface area contributed by atoms with Crippen LogP contribution in [-0.4, -0.2) is 71.6 Å². The van der Waals surface area contributed by atoms with E-state index in [0.717, 1.165) is 0 Å². The summed E-state index contributed by atoms with van der Waals surface area (Å²) in [6.07, 6.45) is 0.195. The molecule has 0 radical (unpaired) electrons. The van der Waals surface area contributed by atoms with Crippen molar-refractivity contribution in [2.45, 2.75) is 18.5 Å². The maximum Gasteiger partial charge on any atom is 0.267 e. The first-order valence-electron chi connectivity index (χ1n) is 7.64. The quantitative estimate of drug-likeness (QED) is 0.177. The lowest BCUT2D eigenvalue weighted by Gasteiger charge is -2.24. The van der Waals surface area contributed by atoms with Crippen LogP contribution in [0, 0.1) is 0 Å². The summed E-state index contributed by atoms with van der Waals surface area (Å²) in [5.74, 6) is -1.78. The number of aromatic nitrogens is 1. The average Bonchev–Trinajstić information content (AvgIpc) is 3.02. The summed E-state index contributed by atoms with van der Waals surface area (Å²) < 4.78 is 32.2. The van der Waals surface area contributed by atoms with Gasteiger partial charge in [-0.05, 0) is 37.9 Å². The van der Waals surface area contributed by atoms with Crippen molar-refractivity contribution in [1.82, 2.24) is 15.2 Å². The number of hydrogen-bond donors (Lipinski definition) is 5. The second-order valence-corrected chi connectivity index (χ2v) is 9.05. The van der Waals surface area contributed by atoms with Gasteiger partial charge in [0.1, 0.15) is 11.7 Å². The van der Waals surface area contributed by atoms with E-state index in [1.54, 1.807) is 6.07 Å². The van der Waals surface area contributed by atoms with Crippen LogP contribution >= 0.6 is 31.9 Å². The lowest BCUT2D eigenvalue weighted by molar-refractivity contribution is -0.129. The molecule has 0 unspecified atom stereocenters. The summed E-state index contributed by atoms with van der Waals surface area (Å²) in [7, 11) is -4.26. The summed E-state index contributed by atoms with van der Waals surface area (Å²) in [6.45, 7) is -0.185. The predicted molar refractivity (Wildman–Crippen MR) is 105 cm³/mol. The first-order chi connectivity index (χ1) is 12.5. The molecule has 0 aromatic carbocycles. The summed E-state index contributed by atoms with van der Waals surface area (Å²) in [6, 6.07) is 0.183. The lowest BCUT2D eigenvalue weighted by atomic mass is 10.1. The van der Waals surface area contributed by atoms with Crippen molar-refractivity contribution in [3.63, 3.8) is 0 Å². The molecule has 1 fully saturated rings. The summed E-state index contributed by atoms with van der Waals surface area (Å²) in [5.41, 5.74) is 10.9. The lowest BCUT2D eigenvalue weighted by Crippen LogP contribution is -2.44. The third kappa shape index (κ3) is 5.92. The van der Waals surface area contributed by atoms with E-state index in [0.29, 0.717) is 14.8 Å². The molecule has 14 heteroatoms. The number of guanidine groups is 1. The minimum Gasteiger partial charge on any atom is -0.370 e. The molecule has 2 atom stereocenters. The van der Waals surface area contributed by atoms with Gasteiger partial charge in [-0.25, -0.2) is 4.99 Å². The van der Waals surface area contributed by atoms with Crippen molar-refractivity contribution < 1.29 is 22.6 Å². The van der Waals surface area contributed by atoms with Gasteiger partial charge in [-0.3, -0.25) is 14.1 Å². The Hall–Kier alpha value is -1.64. The first kappa shape index (κ1) is 21.7. The number of carbonyl (C=O) groups excluding carboxylic acids is 2. The van der Waals surface area contributed by atoms with Crippen LogP contribution in [0.25, 0.3) is 0 Å². The van der Waals surface area contributed by atoms with E-state index in [2.05, 4.69) is 47.2 Å². The van der Waals surface area contributed by atoms with Gasteiger partial charge >= 0.3 is 0 Å². The number of halogens is 2. The van der Waals surface area contributed by atoms with Crippen molar-refractivity contribution in [1.29, 1.82) is 0 Å². The largest absolute Gasteiger partial charge is 0.370 e. The van der Waals surface area contributed by atoms with Crippen LogP contribution in [-0.2, 0) is 14.9 Å². The predicted octanol–water partition coefficient (Wildman–Crippen LogP) is -0.600. The van der Waals surface area contributed by atoms with Gasteiger partial charge in [-0.2, -0.15) is 8.42 Å². The Morgan fingerprint density at radius 3 is 2.63 bits per heavy atom. The SMILES string of the molecule is NC(N)=N[C@@H]1C[C@H](CNC(=O)c2cc(Br)c(Br)[nH]2)N(CCS(=O)(=O)O)C1=O. The zero-order chi connectivity index (χ0) is 20.4. The topological polar surface area (TPSA) is 184 Å². The zero-order valence-corrected chi connectivity index (χ0v) is 17.8. The molecule has 0 aliphatic carbocycles. The summed E-state index contributed by atoms with van der Waals surface area (Å²) in [4.78, 5) is 32.6. The molecule has 1 aliphatic rings. The second-order valence-electron chi connectivity index (χ2n) is 5.83. The van der Waals surface area contributed by atoms with Crippen LogP contribution in [0.2, 0.25) is 0 Å². The van der Waals surface area contributed by atoms with E-state index in [4.69, 9.17) is 16.0 Å². The molecular weight excluding hydrogens is 512 g/mol. The number of nitrogens with one attached hydrogen (secondary N) is 2. The van der Waals surface area contributed by atoms with Gasteiger partial charge in [0.15, 0.2) is 5.96 Å². The number of H-pyrrole nitrogens is 1. The van der Waals surface area contributed by atoms with Crippen LogP contribution in [0.1, 0.15) is 16.9 Å². The third-order valence-electron chi connectivity index (χ3n) is 3.87. The molecule has 27 heavy (non-hydrogen) atoms. The van der Waals surface area contributed by atoms with Gasteiger partial charge in [0.2, 0.25) is 5.91 Å². The first-order valence-corrected chi connectivity index (χ1v) is 10.8. The molecule has 2 rings (SSSR count). The average molecular weight is 530 g/mol. The molecule has 1 saturated heterocycles. The summed E-state index contributed by atoms with van der Waals surface area (Å²) in [5, 5.41) is 2.67. The Morgan fingerprint density at radius 1 is 1.44 bits per heavy atom. The fourth-order valence-electron chi connectivity index (χ4n) is 2.68. The highest BCUT2D eigenvalue weighted by atomic mass is 79.9. The van der Waals surface area contributed by atoms with E-state index < -0.39 is 39.8 Å². The van der Waals surface area contributed by atoms with Crippen molar-refractivity contribution in [2.24, 2.45) is 16.5 Å². The van der Waals surface area contributed by atoms with Crippen LogP contribution in [0.4, 0.5) is 0 Å². The van der Waals surface area contributed by atoms with Gasteiger partial charge in [0.05, 0.1) is 20.9 Å². The van der Waals surface area contributed by atoms with Gasteiger partial charge in [0.25, 0.3) is 16.0 Å². The van der Waals surface area contributed by atoms with E-state index in [1.807, 2.05) is 0 Å². The second kappa shape index (κ2) is 8.58. The molecule has 2 heterocycles. The normalized spacial score (nSPS) is 20.0. The molecule has 0 saturated carbocycles. The van der Waals surface area contributed by atoms with Crippen molar-refractivity contribution in [2.75, 3.05) is 18.8 Å². The number of nitrogens with zero attached hydrogens (tertiary/aromatic N) is 2. The number of aliphatic imine (C=N–C) groups is 1. The monoisotopic (exact) mass is 528 g/mol. The van der Waals surface area contributed by atoms with Crippen molar-refractivity contribution in [3.8, 4) is 0 Å². The number of nitrogens with two attached hydrogens (primary N) is 2. The van der Waals surface area contributed by atoms with E-state index >= 15 is 0 Å². The molecular formula is C13H18Br2N6O5S. The molecule has 7 N–H and O–H groups in total. The van der Waals surface area contributed by atoms with Crippen LogP contribution in [0.15, 0.2) is 20.1 Å². The Morgan fingerprint density at radius 2 is 2.11 bits per heavy atom. The van der Waals surface area contributed by atoms with Crippen LogP contribution in [0.3, 0.4) is 0 Å². The Kier molecular flexibility index (Phi) is 6.88. The highest BCUT2D eigenvalue weighted by Crippen LogP contribution is 2.24. The molecule has 2 amide bonds. The van der Waals surface area contributed by atoms with Crippen molar-refractivity contribution >= 4 is 59.8 Å². The van der Waals surface area contributed by atoms with E-state index in [-0.39, 0.29) is 25.5 Å². The fraction of sp³-hybridized carbons (Fsp3) is 0.462. The van der Waals surface area contributed by atoms with Crippen molar-refractivity contribution in [3.05, 3.63) is 20.8 Å². The molecule has 0 spiro atoms. The minimum atomic E-state index is -4.26. The molecule has 0 bridgehead atoms. The number of aromatic amines is 1. The fourth-order valence-corrected chi connectivity index (χ4v) is 3.76. The summed E-state index contributed by atoms with van der Waals surface area (Å²) >= 11 is 6.49. The molecule has 1 aromatic heterocycles. The number of rotatable bonds is 7. The highest BCUT2D eigenvalue weighted by Gasteiger charge is 2.40. The molecule has 150 valence electrons. The third-order valence-corrected chi connectivity index (χ3v) is 6.35. The van der Waals surface area contributed by atoms with E-state index in [1.165, 1.54) is 4.90 Å². The molecule has 1 aromatic rings. The maximum atomic E-state index is 12.4. The van der Waals surface area contributed by atoms with Gasteiger partial charge in [-0.1, -0.05) is 0 Å². The number of carbonyl (C=O) groups is 2. The maximum absolute atomic E-state index is 12.4. The van der Waals surface area contributed by atoms with Gasteiger partial charge in [-0.15, -0.1) is 0 Å². The van der Waals surface area contributed by atoms with Gasteiger partial charge < -0.3 is 26.7 Å². The number of hydrogen-bond acceptors (Lipinski definition) is 5. The minimum absolute atomic E-state index is 0.0564. The standard InChI is InChI=1S/C13H18Br2N6O5S/c14-7-4-8(19-10(7)15)11(22)18-5-6-3-9(20-13(16)17)12(23)21(6)1-2-27(24,25)26/h4,6,9,19H,1-3,5H2,(H,18,22)(H4,16,17,20)(H,24,25,26)/t6-,9-/m1/s1. The van der Waals surface area contributed by atoms with Crippen LogP contribution < -0.4 is 16.8 Å². The Balaban J connectivity index is 2.09. The number of likely N-dealkylation sites (tertiary alicyclic amines) is 1. The zero-order valence-electron chi connectivity index (χ0n) is 13.9. The highest BCUT2D eigenvalue weighted by molar-refractivity contribution is 9.13. The number of amides is 2. The Labute approximate surface area is 171 Å². The smallest absolute Gasteiger partial charge is 0.267 e.